The highest BCUT2D eigenvalue weighted by Gasteiger charge is 2.11. The number of carbonyl (C=O) groups excluding carboxylic acids is 2. The first-order valence-corrected chi connectivity index (χ1v) is 8.57. The summed E-state index contributed by atoms with van der Waals surface area (Å²) in [5.74, 6) is -0.0516. The van der Waals surface area contributed by atoms with Crippen LogP contribution < -0.4 is 10.6 Å². The van der Waals surface area contributed by atoms with Crippen LogP contribution in [0, 0.1) is 0 Å². The van der Waals surface area contributed by atoms with Gasteiger partial charge >= 0.3 is 0 Å². The lowest BCUT2D eigenvalue weighted by Gasteiger charge is -2.18. The van der Waals surface area contributed by atoms with Gasteiger partial charge in [0.25, 0.3) is 5.91 Å². The van der Waals surface area contributed by atoms with Gasteiger partial charge in [-0.1, -0.05) is 30.3 Å². The molecular formula is C20H25N3O2. The molecule has 2 amide bonds. The van der Waals surface area contributed by atoms with Crippen LogP contribution in [0.5, 0.6) is 0 Å². The lowest BCUT2D eigenvalue weighted by atomic mass is 10.1. The maximum absolute atomic E-state index is 12.2. The standard InChI is InChI=1S/C20H25N3O2/c1-3-23(4-2)20(25)17-10-12-18(13-11-17)21-15-19(24)22-14-16-8-6-5-7-9-16/h5-13,21H,3-4,14-15H2,1-2H3,(H,22,24). The molecule has 0 fully saturated rings. The van der Waals surface area contributed by atoms with Crippen LogP contribution in [0.3, 0.4) is 0 Å². The van der Waals surface area contributed by atoms with Crippen molar-refractivity contribution in [2.24, 2.45) is 0 Å². The van der Waals surface area contributed by atoms with Gasteiger partial charge in [0.15, 0.2) is 0 Å². The Morgan fingerprint density at radius 1 is 0.920 bits per heavy atom. The van der Waals surface area contributed by atoms with Crippen molar-refractivity contribution in [3.8, 4) is 0 Å². The molecule has 0 unspecified atom stereocenters. The van der Waals surface area contributed by atoms with Crippen LogP contribution in [-0.4, -0.2) is 36.3 Å². The molecule has 0 aromatic heterocycles. The minimum absolute atomic E-state index is 0.0251. The van der Waals surface area contributed by atoms with Crippen LogP contribution in [0.15, 0.2) is 54.6 Å². The van der Waals surface area contributed by atoms with Crippen molar-refractivity contribution >= 4 is 17.5 Å². The molecule has 2 rings (SSSR count). The number of nitrogens with one attached hydrogen (secondary N) is 2. The second-order valence-electron chi connectivity index (χ2n) is 5.67. The molecule has 25 heavy (non-hydrogen) atoms. The van der Waals surface area contributed by atoms with Gasteiger partial charge in [-0.3, -0.25) is 9.59 Å². The van der Waals surface area contributed by atoms with Gasteiger partial charge in [-0.15, -0.1) is 0 Å². The molecule has 0 saturated heterocycles. The highest BCUT2D eigenvalue weighted by atomic mass is 16.2. The fraction of sp³-hybridized carbons (Fsp3) is 0.300. The lowest BCUT2D eigenvalue weighted by Crippen LogP contribution is -2.30. The van der Waals surface area contributed by atoms with Crippen LogP contribution in [0.4, 0.5) is 5.69 Å². The number of carbonyl (C=O) groups is 2. The van der Waals surface area contributed by atoms with E-state index in [2.05, 4.69) is 10.6 Å². The van der Waals surface area contributed by atoms with Gasteiger partial charge in [0, 0.05) is 30.9 Å². The third-order valence-electron chi connectivity index (χ3n) is 3.97. The van der Waals surface area contributed by atoms with Crippen molar-refractivity contribution < 1.29 is 9.59 Å². The van der Waals surface area contributed by atoms with Crippen molar-refractivity contribution in [2.75, 3.05) is 25.0 Å². The number of hydrogen-bond donors (Lipinski definition) is 2. The smallest absolute Gasteiger partial charge is 0.253 e. The largest absolute Gasteiger partial charge is 0.376 e. The molecule has 0 bridgehead atoms. The van der Waals surface area contributed by atoms with Crippen molar-refractivity contribution in [1.82, 2.24) is 10.2 Å². The average Bonchev–Trinajstić information content (AvgIpc) is 2.67. The minimum Gasteiger partial charge on any atom is -0.376 e. The Hall–Kier alpha value is -2.82. The first-order valence-electron chi connectivity index (χ1n) is 8.57. The molecule has 0 aliphatic heterocycles. The third-order valence-corrected chi connectivity index (χ3v) is 3.97. The second-order valence-corrected chi connectivity index (χ2v) is 5.67. The van der Waals surface area contributed by atoms with Gasteiger partial charge in [-0.05, 0) is 43.7 Å². The van der Waals surface area contributed by atoms with Crippen molar-refractivity contribution in [3.63, 3.8) is 0 Å². The molecule has 132 valence electrons. The highest BCUT2D eigenvalue weighted by Crippen LogP contribution is 2.11. The van der Waals surface area contributed by atoms with Crippen LogP contribution in [0.2, 0.25) is 0 Å². The molecule has 0 aliphatic rings. The summed E-state index contributed by atoms with van der Waals surface area (Å²) < 4.78 is 0. The predicted molar refractivity (Wildman–Crippen MR) is 100 cm³/mol. The summed E-state index contributed by atoms with van der Waals surface area (Å²) in [6.07, 6.45) is 0. The molecule has 0 spiro atoms. The monoisotopic (exact) mass is 339 g/mol. The van der Waals surface area contributed by atoms with Crippen molar-refractivity contribution in [1.29, 1.82) is 0 Å². The third kappa shape index (κ3) is 5.64. The Kier molecular flexibility index (Phi) is 7.01. The van der Waals surface area contributed by atoms with Gasteiger partial charge in [0.05, 0.1) is 6.54 Å². The summed E-state index contributed by atoms with van der Waals surface area (Å²) in [5.41, 5.74) is 2.53. The van der Waals surface area contributed by atoms with Crippen molar-refractivity contribution in [3.05, 3.63) is 65.7 Å². The first kappa shape index (κ1) is 18.5. The molecule has 0 radical (unpaired) electrons. The van der Waals surface area contributed by atoms with Crippen LogP contribution >= 0.6 is 0 Å². The normalized spacial score (nSPS) is 10.2. The fourth-order valence-electron chi connectivity index (χ4n) is 2.47. The van der Waals surface area contributed by atoms with E-state index >= 15 is 0 Å². The minimum atomic E-state index is -0.0767. The summed E-state index contributed by atoms with van der Waals surface area (Å²) >= 11 is 0. The molecule has 0 heterocycles. The summed E-state index contributed by atoms with van der Waals surface area (Å²) in [4.78, 5) is 25.9. The van der Waals surface area contributed by atoms with Crippen LogP contribution in [0.1, 0.15) is 29.8 Å². The van der Waals surface area contributed by atoms with Crippen LogP contribution in [-0.2, 0) is 11.3 Å². The zero-order valence-electron chi connectivity index (χ0n) is 14.8. The van der Waals surface area contributed by atoms with Gasteiger partial charge in [0.2, 0.25) is 5.91 Å². The van der Waals surface area contributed by atoms with E-state index in [0.29, 0.717) is 25.2 Å². The van der Waals surface area contributed by atoms with E-state index in [9.17, 15) is 9.59 Å². The molecule has 5 heteroatoms. The summed E-state index contributed by atoms with van der Waals surface area (Å²) in [5, 5.41) is 5.93. The van der Waals surface area contributed by atoms with E-state index in [-0.39, 0.29) is 18.4 Å². The Balaban J connectivity index is 1.81. The Morgan fingerprint density at radius 2 is 1.56 bits per heavy atom. The summed E-state index contributed by atoms with van der Waals surface area (Å²) in [7, 11) is 0. The summed E-state index contributed by atoms with van der Waals surface area (Å²) in [6, 6.07) is 17.0. The van der Waals surface area contributed by atoms with Gasteiger partial charge in [0.1, 0.15) is 0 Å². The second kappa shape index (κ2) is 9.47. The number of benzene rings is 2. The van der Waals surface area contributed by atoms with Gasteiger partial charge < -0.3 is 15.5 Å². The maximum atomic E-state index is 12.2. The Labute approximate surface area is 149 Å². The number of anilines is 1. The Bertz CT molecular complexity index is 680. The van der Waals surface area contributed by atoms with Gasteiger partial charge in [-0.25, -0.2) is 0 Å². The number of amides is 2. The molecule has 0 atom stereocenters. The van der Waals surface area contributed by atoms with Crippen LogP contribution in [0.25, 0.3) is 0 Å². The topological polar surface area (TPSA) is 61.4 Å². The average molecular weight is 339 g/mol. The quantitative estimate of drug-likeness (QED) is 0.777. The SMILES string of the molecule is CCN(CC)C(=O)c1ccc(NCC(=O)NCc2ccccc2)cc1. The zero-order valence-corrected chi connectivity index (χ0v) is 14.8. The number of hydrogen-bond acceptors (Lipinski definition) is 3. The molecule has 2 N–H and O–H groups in total. The Morgan fingerprint density at radius 3 is 2.16 bits per heavy atom. The van der Waals surface area contributed by atoms with E-state index in [1.165, 1.54) is 0 Å². The molecule has 2 aromatic carbocycles. The van der Waals surface area contributed by atoms with E-state index in [4.69, 9.17) is 0 Å². The zero-order chi connectivity index (χ0) is 18.1. The summed E-state index contributed by atoms with van der Waals surface area (Å²) in [6.45, 7) is 6.01. The van der Waals surface area contributed by atoms with Crippen molar-refractivity contribution in [2.45, 2.75) is 20.4 Å². The molecule has 5 nitrogen and oxygen atoms in total. The lowest BCUT2D eigenvalue weighted by molar-refractivity contribution is -0.119. The van der Waals surface area contributed by atoms with Gasteiger partial charge in [-0.2, -0.15) is 0 Å². The predicted octanol–water partition coefficient (Wildman–Crippen LogP) is 2.90. The molecule has 0 aliphatic carbocycles. The highest BCUT2D eigenvalue weighted by molar-refractivity contribution is 5.94. The number of rotatable bonds is 8. The number of nitrogens with zero attached hydrogens (tertiary/aromatic N) is 1. The molecule has 0 saturated carbocycles. The molecular weight excluding hydrogens is 314 g/mol. The van der Waals surface area contributed by atoms with E-state index in [0.717, 1.165) is 11.3 Å². The van der Waals surface area contributed by atoms with E-state index < -0.39 is 0 Å². The fourth-order valence-corrected chi connectivity index (χ4v) is 2.47. The first-order chi connectivity index (χ1) is 12.1. The van der Waals surface area contributed by atoms with E-state index in [1.54, 1.807) is 17.0 Å². The molecule has 2 aromatic rings. The van der Waals surface area contributed by atoms with E-state index in [1.807, 2.05) is 56.3 Å². The maximum Gasteiger partial charge on any atom is 0.253 e.